The van der Waals surface area contributed by atoms with Crippen LogP contribution in [0.15, 0.2) is 0 Å². The van der Waals surface area contributed by atoms with Crippen LogP contribution in [-0.2, 0) is 23.9 Å². The van der Waals surface area contributed by atoms with Crippen LogP contribution in [0.25, 0.3) is 0 Å². The zero-order valence-corrected chi connectivity index (χ0v) is 17.4. The van der Waals surface area contributed by atoms with Crippen molar-refractivity contribution in [3.63, 3.8) is 0 Å². The summed E-state index contributed by atoms with van der Waals surface area (Å²) in [4.78, 5) is 39.5. The molecule has 3 atom stereocenters. The molecule has 1 saturated carbocycles. The predicted octanol–water partition coefficient (Wildman–Crippen LogP) is 2.57. The van der Waals surface area contributed by atoms with Crippen molar-refractivity contribution in [3.8, 4) is 0 Å². The Labute approximate surface area is 163 Å². The molecule has 1 aliphatic heterocycles. The van der Waals surface area contributed by atoms with E-state index < -0.39 is 17.5 Å². The molecule has 1 heterocycles. The van der Waals surface area contributed by atoms with Crippen LogP contribution in [-0.4, -0.2) is 52.5 Å². The Morgan fingerprint density at radius 3 is 2.16 bits per heavy atom. The highest BCUT2D eigenvalue weighted by molar-refractivity contribution is 14.1. The third-order valence-electron chi connectivity index (χ3n) is 5.51. The SMILES string of the molecule is CCOC(=O)C1(C(=O)OCC)C[C@H]2C[C@@H](CI)CC[C@H]2CN1C(C)=O. The second-order valence-electron chi connectivity index (χ2n) is 6.99. The first-order chi connectivity index (χ1) is 11.9. The summed E-state index contributed by atoms with van der Waals surface area (Å²) in [6.07, 6.45) is 3.47. The molecule has 0 aromatic carbocycles. The minimum Gasteiger partial charge on any atom is -0.464 e. The van der Waals surface area contributed by atoms with Crippen LogP contribution < -0.4 is 0 Å². The quantitative estimate of drug-likeness (QED) is 0.270. The van der Waals surface area contributed by atoms with Crippen LogP contribution in [0.3, 0.4) is 0 Å². The molecule has 0 N–H and O–H groups in total. The number of hydrogen-bond donors (Lipinski definition) is 0. The Morgan fingerprint density at radius 1 is 1.08 bits per heavy atom. The van der Waals surface area contributed by atoms with Crippen molar-refractivity contribution < 1.29 is 23.9 Å². The zero-order chi connectivity index (χ0) is 18.6. The minimum atomic E-state index is -1.63. The summed E-state index contributed by atoms with van der Waals surface area (Å²) in [6.45, 7) is 5.56. The largest absolute Gasteiger partial charge is 0.464 e. The Balaban J connectivity index is 2.42. The number of ether oxygens (including phenoxy) is 2. The van der Waals surface area contributed by atoms with Crippen molar-refractivity contribution in [2.24, 2.45) is 17.8 Å². The van der Waals surface area contributed by atoms with Crippen molar-refractivity contribution in [2.45, 2.75) is 52.0 Å². The highest BCUT2D eigenvalue weighted by Gasteiger charge is 2.60. The van der Waals surface area contributed by atoms with E-state index in [1.807, 2.05) is 0 Å². The van der Waals surface area contributed by atoms with E-state index in [9.17, 15) is 14.4 Å². The van der Waals surface area contributed by atoms with Gasteiger partial charge < -0.3 is 14.4 Å². The van der Waals surface area contributed by atoms with Crippen molar-refractivity contribution >= 4 is 40.4 Å². The molecule has 1 amide bonds. The molecule has 2 aliphatic rings. The fourth-order valence-electron chi connectivity index (χ4n) is 4.30. The maximum absolute atomic E-state index is 12.9. The lowest BCUT2D eigenvalue weighted by Gasteiger charge is -2.51. The molecule has 7 heteroatoms. The third-order valence-corrected chi connectivity index (χ3v) is 6.75. The van der Waals surface area contributed by atoms with E-state index in [0.717, 1.165) is 23.7 Å². The van der Waals surface area contributed by atoms with Gasteiger partial charge in [0.25, 0.3) is 0 Å². The first-order valence-electron chi connectivity index (χ1n) is 9.09. The van der Waals surface area contributed by atoms with Gasteiger partial charge in [-0.05, 0) is 57.3 Å². The Bertz CT molecular complexity index is 506. The summed E-state index contributed by atoms with van der Waals surface area (Å²) in [5, 5.41) is 0. The van der Waals surface area contributed by atoms with Crippen LogP contribution in [0.1, 0.15) is 46.5 Å². The summed E-state index contributed by atoms with van der Waals surface area (Å²) in [7, 11) is 0. The lowest BCUT2D eigenvalue weighted by atomic mass is 9.66. The molecular weight excluding hydrogens is 437 g/mol. The molecule has 6 nitrogen and oxygen atoms in total. The van der Waals surface area contributed by atoms with Gasteiger partial charge in [-0.3, -0.25) is 4.79 Å². The molecular formula is C18H28INO5. The van der Waals surface area contributed by atoms with Crippen LogP contribution in [0.4, 0.5) is 0 Å². The van der Waals surface area contributed by atoms with E-state index in [1.165, 1.54) is 11.8 Å². The number of halogens is 1. The molecule has 0 radical (unpaired) electrons. The lowest BCUT2D eigenvalue weighted by Crippen LogP contribution is -2.68. The molecule has 25 heavy (non-hydrogen) atoms. The average molecular weight is 465 g/mol. The van der Waals surface area contributed by atoms with Gasteiger partial charge in [-0.1, -0.05) is 22.6 Å². The number of alkyl halides is 1. The smallest absolute Gasteiger partial charge is 0.343 e. The van der Waals surface area contributed by atoms with Gasteiger partial charge in [-0.2, -0.15) is 0 Å². The van der Waals surface area contributed by atoms with Gasteiger partial charge in [-0.25, -0.2) is 9.59 Å². The zero-order valence-electron chi connectivity index (χ0n) is 15.3. The summed E-state index contributed by atoms with van der Waals surface area (Å²) >= 11 is 2.40. The highest BCUT2D eigenvalue weighted by atomic mass is 127. The highest BCUT2D eigenvalue weighted by Crippen LogP contribution is 2.46. The summed E-state index contributed by atoms with van der Waals surface area (Å²) in [6, 6.07) is 0. The fourth-order valence-corrected chi connectivity index (χ4v) is 5.10. The molecule has 0 aromatic rings. The van der Waals surface area contributed by atoms with Gasteiger partial charge in [0.1, 0.15) is 0 Å². The van der Waals surface area contributed by atoms with E-state index in [0.29, 0.717) is 24.8 Å². The van der Waals surface area contributed by atoms with Crippen molar-refractivity contribution in [1.29, 1.82) is 0 Å². The number of carbonyl (C=O) groups excluding carboxylic acids is 3. The Hall–Kier alpha value is -0.860. The second-order valence-corrected chi connectivity index (χ2v) is 7.87. The van der Waals surface area contributed by atoms with Crippen LogP contribution in [0.5, 0.6) is 0 Å². The number of fused-ring (bicyclic) bond motifs is 1. The lowest BCUT2D eigenvalue weighted by molar-refractivity contribution is -0.187. The molecule has 142 valence electrons. The number of piperidine rings is 1. The van der Waals surface area contributed by atoms with Crippen LogP contribution in [0.2, 0.25) is 0 Å². The maximum atomic E-state index is 12.9. The third kappa shape index (κ3) is 3.95. The van der Waals surface area contributed by atoms with E-state index in [-0.39, 0.29) is 25.0 Å². The number of carbonyl (C=O) groups is 3. The van der Waals surface area contributed by atoms with Crippen molar-refractivity contribution in [2.75, 3.05) is 24.2 Å². The summed E-state index contributed by atoms with van der Waals surface area (Å²) in [5.41, 5.74) is -1.63. The maximum Gasteiger partial charge on any atom is 0.343 e. The predicted molar refractivity (Wildman–Crippen MR) is 101 cm³/mol. The van der Waals surface area contributed by atoms with Crippen LogP contribution in [0, 0.1) is 17.8 Å². The van der Waals surface area contributed by atoms with Crippen molar-refractivity contribution in [3.05, 3.63) is 0 Å². The van der Waals surface area contributed by atoms with Gasteiger partial charge in [0.2, 0.25) is 11.4 Å². The molecule has 0 bridgehead atoms. The summed E-state index contributed by atoms with van der Waals surface area (Å²) < 4.78 is 11.5. The number of amides is 1. The molecule has 1 aliphatic carbocycles. The monoisotopic (exact) mass is 465 g/mol. The normalized spacial score (nSPS) is 28.0. The fraction of sp³-hybridized carbons (Fsp3) is 0.833. The van der Waals surface area contributed by atoms with Gasteiger partial charge >= 0.3 is 11.9 Å². The number of nitrogens with zero attached hydrogens (tertiary/aromatic N) is 1. The number of likely N-dealkylation sites (tertiary alicyclic amines) is 1. The molecule has 0 spiro atoms. The molecule has 2 rings (SSSR count). The van der Waals surface area contributed by atoms with Gasteiger partial charge in [-0.15, -0.1) is 0 Å². The van der Waals surface area contributed by atoms with E-state index in [2.05, 4.69) is 22.6 Å². The van der Waals surface area contributed by atoms with E-state index >= 15 is 0 Å². The second kappa shape index (κ2) is 8.68. The summed E-state index contributed by atoms with van der Waals surface area (Å²) in [5.74, 6) is -0.418. The number of rotatable bonds is 5. The average Bonchev–Trinajstić information content (AvgIpc) is 2.60. The number of hydrogen-bond acceptors (Lipinski definition) is 5. The van der Waals surface area contributed by atoms with Crippen molar-refractivity contribution in [1.82, 2.24) is 4.90 Å². The van der Waals surface area contributed by atoms with E-state index in [1.54, 1.807) is 13.8 Å². The Morgan fingerprint density at radius 2 is 1.68 bits per heavy atom. The minimum absolute atomic E-state index is 0.163. The molecule has 0 aromatic heterocycles. The standard InChI is InChI=1S/C18H28INO5/c1-4-24-16(22)18(17(23)25-5-2)9-15-8-13(10-19)6-7-14(15)11-20(18)12(3)21/h13-15H,4-11H2,1-3H3/t13-,14-,15+/m0/s1. The van der Waals surface area contributed by atoms with E-state index in [4.69, 9.17) is 9.47 Å². The van der Waals surface area contributed by atoms with Crippen LogP contribution >= 0.6 is 22.6 Å². The first kappa shape index (κ1) is 20.5. The topological polar surface area (TPSA) is 72.9 Å². The molecule has 0 unspecified atom stereocenters. The van der Waals surface area contributed by atoms with Gasteiger partial charge in [0, 0.05) is 17.9 Å². The molecule has 2 fully saturated rings. The van der Waals surface area contributed by atoms with Gasteiger partial charge in [0.15, 0.2) is 0 Å². The first-order valence-corrected chi connectivity index (χ1v) is 10.6. The number of esters is 2. The Kier molecular flexibility index (Phi) is 7.10. The molecule has 1 saturated heterocycles. The van der Waals surface area contributed by atoms with Gasteiger partial charge in [0.05, 0.1) is 13.2 Å².